The number of piperazine rings is 1. The molecule has 0 saturated carbocycles. The van der Waals surface area contributed by atoms with E-state index in [4.69, 9.17) is 4.74 Å². The molecule has 0 radical (unpaired) electrons. The zero-order valence-electron chi connectivity index (χ0n) is 16.5. The largest absolute Gasteiger partial charge is 0.505 e. The van der Waals surface area contributed by atoms with Crippen molar-refractivity contribution in [2.24, 2.45) is 0 Å². The predicted molar refractivity (Wildman–Crippen MR) is 109 cm³/mol. The number of nitrogens with zero attached hydrogens (tertiary/aromatic N) is 3. The molecule has 0 unspecified atom stereocenters. The van der Waals surface area contributed by atoms with Crippen LogP contribution in [0.15, 0.2) is 36.5 Å². The van der Waals surface area contributed by atoms with E-state index in [-0.39, 0.29) is 11.8 Å². The van der Waals surface area contributed by atoms with Gasteiger partial charge in [0.15, 0.2) is 0 Å². The van der Waals surface area contributed by atoms with Crippen LogP contribution in [0.25, 0.3) is 0 Å². The third kappa shape index (κ3) is 5.35. The lowest BCUT2D eigenvalue weighted by atomic mass is 10.1. The number of hydrogen-bond donors (Lipinski definition) is 3. The number of aryl methyl sites for hydroxylation is 1. The highest BCUT2D eigenvalue weighted by molar-refractivity contribution is 6.00. The van der Waals surface area contributed by atoms with Crippen LogP contribution in [0.3, 0.4) is 0 Å². The van der Waals surface area contributed by atoms with Gasteiger partial charge in [0.25, 0.3) is 0 Å². The summed E-state index contributed by atoms with van der Waals surface area (Å²) in [6, 6.07) is 8.33. The highest BCUT2D eigenvalue weighted by Crippen LogP contribution is 2.29. The number of methoxy groups -OCH3 is 1. The minimum Gasteiger partial charge on any atom is -0.505 e. The number of aromatic hydroxyl groups is 1. The Morgan fingerprint density at radius 2 is 1.90 bits per heavy atom. The maximum atomic E-state index is 12.2. The first-order valence-corrected chi connectivity index (χ1v) is 9.33. The lowest BCUT2D eigenvalue weighted by molar-refractivity contribution is 0.0886. The van der Waals surface area contributed by atoms with Gasteiger partial charge < -0.3 is 25.4 Å². The van der Waals surface area contributed by atoms with Crippen LogP contribution >= 0.6 is 0 Å². The summed E-state index contributed by atoms with van der Waals surface area (Å²) < 4.78 is 4.74. The summed E-state index contributed by atoms with van der Waals surface area (Å²) in [6.07, 6.45) is 1.24. The molecule has 3 rings (SSSR count). The smallest absolute Gasteiger partial charge is 0.409 e. The van der Waals surface area contributed by atoms with Gasteiger partial charge in [-0.05, 0) is 25.1 Å². The van der Waals surface area contributed by atoms with E-state index in [2.05, 4.69) is 20.5 Å². The fourth-order valence-corrected chi connectivity index (χ4v) is 3.10. The van der Waals surface area contributed by atoms with Crippen LogP contribution in [-0.4, -0.2) is 65.3 Å². The van der Waals surface area contributed by atoms with Gasteiger partial charge in [-0.1, -0.05) is 12.1 Å². The van der Waals surface area contributed by atoms with Gasteiger partial charge in [-0.15, -0.1) is 0 Å². The van der Waals surface area contributed by atoms with Gasteiger partial charge in [-0.25, -0.2) is 9.59 Å². The molecule has 9 heteroatoms. The Morgan fingerprint density at radius 1 is 1.14 bits per heavy atom. The molecular weight excluding hydrogens is 374 g/mol. The molecule has 1 aliphatic rings. The second-order valence-corrected chi connectivity index (χ2v) is 6.81. The van der Waals surface area contributed by atoms with Crippen LogP contribution < -0.4 is 10.6 Å². The average Bonchev–Trinajstić information content (AvgIpc) is 2.72. The highest BCUT2D eigenvalue weighted by atomic mass is 16.5. The highest BCUT2D eigenvalue weighted by Gasteiger charge is 2.22. The SMILES string of the molecule is COC(=O)N1CCN(Cc2cccc(NC(=O)Nc3ccc(C)nc3)c2O)CC1. The minimum atomic E-state index is -0.463. The first kappa shape index (κ1) is 20.4. The Balaban J connectivity index is 1.58. The second kappa shape index (κ2) is 9.24. The molecule has 29 heavy (non-hydrogen) atoms. The van der Waals surface area contributed by atoms with E-state index < -0.39 is 6.03 Å². The molecule has 1 aliphatic heterocycles. The number of para-hydroxylation sites is 1. The summed E-state index contributed by atoms with van der Waals surface area (Å²) in [6.45, 7) is 4.86. The van der Waals surface area contributed by atoms with Gasteiger partial charge in [0.2, 0.25) is 0 Å². The Bertz CT molecular complexity index is 864. The van der Waals surface area contributed by atoms with Crippen LogP contribution in [-0.2, 0) is 11.3 Å². The quantitative estimate of drug-likeness (QED) is 0.683. The Morgan fingerprint density at radius 3 is 2.55 bits per heavy atom. The number of phenols is 1. The first-order chi connectivity index (χ1) is 14.0. The average molecular weight is 399 g/mol. The monoisotopic (exact) mass is 399 g/mol. The Hall–Kier alpha value is -3.33. The number of anilines is 2. The lowest BCUT2D eigenvalue weighted by Crippen LogP contribution is -2.48. The van der Waals surface area contributed by atoms with Crippen LogP contribution in [0.4, 0.5) is 21.0 Å². The number of pyridine rings is 1. The Kier molecular flexibility index (Phi) is 6.50. The first-order valence-electron chi connectivity index (χ1n) is 9.33. The van der Waals surface area contributed by atoms with E-state index in [9.17, 15) is 14.7 Å². The summed E-state index contributed by atoms with van der Waals surface area (Å²) in [4.78, 5) is 31.7. The number of amides is 3. The van der Waals surface area contributed by atoms with E-state index in [1.165, 1.54) is 7.11 Å². The number of hydrogen-bond acceptors (Lipinski definition) is 6. The molecule has 0 aliphatic carbocycles. The van der Waals surface area contributed by atoms with Crippen molar-refractivity contribution in [3.63, 3.8) is 0 Å². The number of ether oxygens (including phenoxy) is 1. The van der Waals surface area contributed by atoms with Crippen molar-refractivity contribution in [1.29, 1.82) is 0 Å². The summed E-state index contributed by atoms with van der Waals surface area (Å²) >= 11 is 0. The van der Waals surface area contributed by atoms with Gasteiger partial charge in [-0.3, -0.25) is 9.88 Å². The molecule has 0 atom stereocenters. The van der Waals surface area contributed by atoms with Crippen LogP contribution in [0, 0.1) is 6.92 Å². The lowest BCUT2D eigenvalue weighted by Gasteiger charge is -2.33. The zero-order chi connectivity index (χ0) is 20.8. The zero-order valence-corrected chi connectivity index (χ0v) is 16.5. The van der Waals surface area contributed by atoms with Crippen molar-refractivity contribution >= 4 is 23.5 Å². The van der Waals surface area contributed by atoms with Crippen molar-refractivity contribution in [2.75, 3.05) is 43.9 Å². The third-order valence-corrected chi connectivity index (χ3v) is 4.74. The standard InChI is InChI=1S/C20H25N5O4/c1-14-6-7-16(12-21-14)22-19(27)23-17-5-3-4-15(18(17)26)13-24-8-10-25(11-9-24)20(28)29-2/h3-7,12,26H,8-11,13H2,1-2H3,(H2,22,23,27). The van der Waals surface area contributed by atoms with Crippen molar-refractivity contribution in [2.45, 2.75) is 13.5 Å². The number of carbonyl (C=O) groups excluding carboxylic acids is 2. The summed E-state index contributed by atoms with van der Waals surface area (Å²) in [5.74, 6) is 0.0279. The molecule has 2 heterocycles. The second-order valence-electron chi connectivity index (χ2n) is 6.81. The number of rotatable bonds is 4. The predicted octanol–water partition coefficient (Wildman–Crippen LogP) is 2.62. The van der Waals surface area contributed by atoms with Crippen molar-refractivity contribution in [3.8, 4) is 5.75 Å². The van der Waals surface area contributed by atoms with Crippen molar-refractivity contribution < 1.29 is 19.4 Å². The fourth-order valence-electron chi connectivity index (χ4n) is 3.10. The fraction of sp³-hybridized carbons (Fsp3) is 0.350. The van der Waals surface area contributed by atoms with Gasteiger partial charge >= 0.3 is 12.1 Å². The molecule has 1 aromatic heterocycles. The molecule has 154 valence electrons. The van der Waals surface area contributed by atoms with Crippen LogP contribution in [0.2, 0.25) is 0 Å². The van der Waals surface area contributed by atoms with Crippen LogP contribution in [0.5, 0.6) is 5.75 Å². The number of urea groups is 1. The van der Waals surface area contributed by atoms with Gasteiger partial charge in [0, 0.05) is 44.0 Å². The van der Waals surface area contributed by atoms with Crippen LogP contribution in [0.1, 0.15) is 11.3 Å². The van der Waals surface area contributed by atoms with Crippen molar-refractivity contribution in [3.05, 3.63) is 47.8 Å². The van der Waals surface area contributed by atoms with E-state index in [0.29, 0.717) is 49.7 Å². The maximum absolute atomic E-state index is 12.2. The number of phenolic OH excluding ortho intramolecular Hbond substituents is 1. The number of benzene rings is 1. The minimum absolute atomic E-state index is 0.0279. The number of nitrogens with one attached hydrogen (secondary N) is 2. The summed E-state index contributed by atoms with van der Waals surface area (Å²) in [7, 11) is 1.37. The normalized spacial score (nSPS) is 14.3. The molecule has 1 saturated heterocycles. The molecule has 2 aromatic rings. The third-order valence-electron chi connectivity index (χ3n) is 4.74. The van der Waals surface area contributed by atoms with E-state index in [0.717, 1.165) is 5.69 Å². The molecular formula is C20H25N5O4. The van der Waals surface area contributed by atoms with Gasteiger partial charge in [0.1, 0.15) is 5.75 Å². The molecule has 0 bridgehead atoms. The van der Waals surface area contributed by atoms with Crippen molar-refractivity contribution in [1.82, 2.24) is 14.8 Å². The van der Waals surface area contributed by atoms with Gasteiger partial charge in [-0.2, -0.15) is 0 Å². The molecule has 0 spiro atoms. The van der Waals surface area contributed by atoms with E-state index in [1.54, 1.807) is 35.4 Å². The molecule has 3 N–H and O–H groups in total. The Labute approximate surface area is 169 Å². The molecule has 1 fully saturated rings. The molecule has 3 amide bonds. The number of aromatic nitrogens is 1. The van der Waals surface area contributed by atoms with Gasteiger partial charge in [0.05, 0.1) is 24.7 Å². The van der Waals surface area contributed by atoms with E-state index in [1.807, 2.05) is 13.0 Å². The maximum Gasteiger partial charge on any atom is 0.409 e. The molecule has 9 nitrogen and oxygen atoms in total. The summed E-state index contributed by atoms with van der Waals surface area (Å²) in [5, 5.41) is 15.9. The molecule has 1 aromatic carbocycles. The van der Waals surface area contributed by atoms with E-state index >= 15 is 0 Å². The topological polar surface area (TPSA) is 107 Å². The number of carbonyl (C=O) groups is 2. The summed E-state index contributed by atoms with van der Waals surface area (Å²) in [5.41, 5.74) is 2.44.